The second-order valence-corrected chi connectivity index (χ2v) is 5.37. The molecule has 0 radical (unpaired) electrons. The van der Waals surface area contributed by atoms with E-state index in [0.29, 0.717) is 0 Å². The first-order valence-electron chi connectivity index (χ1n) is 8.31. The molecule has 24 heavy (non-hydrogen) atoms. The predicted molar refractivity (Wildman–Crippen MR) is 100 cm³/mol. The van der Waals surface area contributed by atoms with E-state index in [1.54, 1.807) is 0 Å². The van der Waals surface area contributed by atoms with Crippen molar-refractivity contribution in [3.8, 4) is 0 Å². The fraction of sp³-hybridized carbons (Fsp3) is 0.200. The van der Waals surface area contributed by atoms with Gasteiger partial charge >= 0.3 is 0 Å². The summed E-state index contributed by atoms with van der Waals surface area (Å²) in [5.41, 5.74) is 2.23. The Hall–Kier alpha value is -2.88. The van der Waals surface area contributed by atoms with Gasteiger partial charge in [0, 0.05) is 30.7 Å². The molecule has 0 aliphatic carbocycles. The maximum atomic E-state index is 4.81. The van der Waals surface area contributed by atoms with E-state index in [9.17, 15) is 0 Å². The minimum absolute atomic E-state index is 0.718. The highest BCUT2D eigenvalue weighted by Crippen LogP contribution is 2.26. The number of hydrogen-bond acceptors (Lipinski definition) is 4. The van der Waals surface area contributed by atoms with E-state index in [0.717, 1.165) is 36.2 Å². The van der Waals surface area contributed by atoms with Gasteiger partial charge in [0.25, 0.3) is 0 Å². The minimum Gasteiger partial charge on any atom is -0.327 e. The highest BCUT2D eigenvalue weighted by Gasteiger charge is 2.14. The third-order valence-corrected chi connectivity index (χ3v) is 3.91. The highest BCUT2D eigenvalue weighted by atomic mass is 15.3. The average Bonchev–Trinajstić information content (AvgIpc) is 2.65. The molecular formula is C20H22N4. The van der Waals surface area contributed by atoms with Crippen LogP contribution in [0.5, 0.6) is 0 Å². The molecule has 0 aliphatic heterocycles. The van der Waals surface area contributed by atoms with Gasteiger partial charge in [-0.25, -0.2) is 4.98 Å². The van der Waals surface area contributed by atoms with Gasteiger partial charge < -0.3 is 9.80 Å². The number of hydrogen-bond donors (Lipinski definition) is 0. The molecule has 4 nitrogen and oxygen atoms in total. The molecule has 3 aromatic rings. The molecule has 3 rings (SSSR count). The summed E-state index contributed by atoms with van der Waals surface area (Å²) in [5.74, 6) is 1.62. The quantitative estimate of drug-likeness (QED) is 0.654. The van der Waals surface area contributed by atoms with Gasteiger partial charge in [0.15, 0.2) is 0 Å². The van der Waals surface area contributed by atoms with Crippen molar-refractivity contribution in [2.75, 3.05) is 22.9 Å². The van der Waals surface area contributed by atoms with Gasteiger partial charge in [-0.1, -0.05) is 36.4 Å². The van der Waals surface area contributed by atoms with E-state index in [1.165, 1.54) is 0 Å². The number of para-hydroxylation sites is 2. The van der Waals surface area contributed by atoms with E-state index < -0.39 is 0 Å². The second kappa shape index (κ2) is 7.59. The standard InChI is InChI=1S/C20H22N4/c1-3-23(17-11-7-5-8-12-17)19-15-16-21-20(22-19)24(4-2)18-13-9-6-10-14-18/h5-16H,3-4H2,1-2H3. The largest absolute Gasteiger partial charge is 0.327 e. The van der Waals surface area contributed by atoms with Crippen LogP contribution in [0, 0.1) is 0 Å². The summed E-state index contributed by atoms with van der Waals surface area (Å²) in [6, 6.07) is 22.5. The Morgan fingerprint density at radius 3 is 1.79 bits per heavy atom. The van der Waals surface area contributed by atoms with Crippen LogP contribution < -0.4 is 9.80 Å². The van der Waals surface area contributed by atoms with Gasteiger partial charge in [-0.3, -0.25) is 0 Å². The fourth-order valence-corrected chi connectivity index (χ4v) is 2.75. The predicted octanol–water partition coefficient (Wildman–Crippen LogP) is 4.79. The summed E-state index contributed by atoms with van der Waals surface area (Å²) < 4.78 is 0. The van der Waals surface area contributed by atoms with Crippen LogP contribution in [0.3, 0.4) is 0 Å². The van der Waals surface area contributed by atoms with E-state index in [4.69, 9.17) is 4.98 Å². The molecule has 1 heterocycles. The molecule has 0 saturated carbocycles. The van der Waals surface area contributed by atoms with Gasteiger partial charge in [-0.05, 0) is 44.2 Å². The van der Waals surface area contributed by atoms with Gasteiger partial charge in [0.05, 0.1) is 0 Å². The van der Waals surface area contributed by atoms with Crippen LogP contribution in [0.25, 0.3) is 0 Å². The van der Waals surface area contributed by atoms with Crippen LogP contribution in [0.2, 0.25) is 0 Å². The van der Waals surface area contributed by atoms with Crippen LogP contribution in [-0.2, 0) is 0 Å². The molecule has 122 valence electrons. The van der Waals surface area contributed by atoms with Crippen LogP contribution >= 0.6 is 0 Å². The molecule has 0 amide bonds. The molecule has 0 unspecified atom stereocenters. The first kappa shape index (κ1) is 16.0. The van der Waals surface area contributed by atoms with Crippen LogP contribution in [0.15, 0.2) is 72.9 Å². The Balaban J connectivity index is 1.96. The molecule has 0 spiro atoms. The van der Waals surface area contributed by atoms with Crippen LogP contribution in [0.4, 0.5) is 23.1 Å². The lowest BCUT2D eigenvalue weighted by Gasteiger charge is -2.25. The Bertz CT molecular complexity index is 696. The molecule has 0 bridgehead atoms. The van der Waals surface area contributed by atoms with Crippen molar-refractivity contribution in [1.82, 2.24) is 9.97 Å². The van der Waals surface area contributed by atoms with Crippen molar-refractivity contribution in [3.05, 3.63) is 72.9 Å². The van der Waals surface area contributed by atoms with Crippen LogP contribution in [0.1, 0.15) is 13.8 Å². The smallest absolute Gasteiger partial charge is 0.231 e. The number of nitrogens with zero attached hydrogens (tertiary/aromatic N) is 4. The Kier molecular flexibility index (Phi) is 5.06. The minimum atomic E-state index is 0.718. The Morgan fingerprint density at radius 2 is 1.25 bits per heavy atom. The zero-order valence-corrected chi connectivity index (χ0v) is 14.1. The molecule has 0 saturated heterocycles. The lowest BCUT2D eigenvalue weighted by molar-refractivity contribution is 0.920. The summed E-state index contributed by atoms with van der Waals surface area (Å²) in [5, 5.41) is 0. The van der Waals surface area contributed by atoms with Crippen molar-refractivity contribution >= 4 is 23.1 Å². The number of aromatic nitrogens is 2. The first-order valence-corrected chi connectivity index (χ1v) is 8.31. The summed E-state index contributed by atoms with van der Waals surface area (Å²) in [6.07, 6.45) is 1.83. The summed E-state index contributed by atoms with van der Waals surface area (Å²) in [4.78, 5) is 13.6. The van der Waals surface area contributed by atoms with Gasteiger partial charge in [-0.2, -0.15) is 4.98 Å². The molecule has 4 heteroatoms. The van der Waals surface area contributed by atoms with Crippen molar-refractivity contribution in [2.24, 2.45) is 0 Å². The number of anilines is 4. The van der Waals surface area contributed by atoms with E-state index in [2.05, 4.69) is 52.9 Å². The molecule has 0 fully saturated rings. The van der Waals surface area contributed by atoms with Crippen molar-refractivity contribution in [3.63, 3.8) is 0 Å². The topological polar surface area (TPSA) is 32.3 Å². The Morgan fingerprint density at radius 1 is 0.708 bits per heavy atom. The maximum Gasteiger partial charge on any atom is 0.231 e. The first-order chi connectivity index (χ1) is 11.8. The van der Waals surface area contributed by atoms with E-state index in [1.807, 2.05) is 48.7 Å². The SMILES string of the molecule is CCN(c1ccccc1)c1ccnc(N(CC)c2ccccc2)n1. The zero-order chi connectivity index (χ0) is 16.8. The van der Waals surface area contributed by atoms with Crippen molar-refractivity contribution < 1.29 is 0 Å². The van der Waals surface area contributed by atoms with Crippen molar-refractivity contribution in [1.29, 1.82) is 0 Å². The third kappa shape index (κ3) is 3.38. The lowest BCUT2D eigenvalue weighted by atomic mass is 10.3. The molecule has 1 aromatic heterocycles. The van der Waals surface area contributed by atoms with Gasteiger partial charge in [-0.15, -0.1) is 0 Å². The lowest BCUT2D eigenvalue weighted by Crippen LogP contribution is -2.22. The monoisotopic (exact) mass is 318 g/mol. The summed E-state index contributed by atoms with van der Waals surface area (Å²) >= 11 is 0. The highest BCUT2D eigenvalue weighted by molar-refractivity contribution is 5.63. The van der Waals surface area contributed by atoms with Crippen LogP contribution in [-0.4, -0.2) is 23.1 Å². The summed E-state index contributed by atoms with van der Waals surface area (Å²) in [6.45, 7) is 5.89. The number of rotatable bonds is 6. The summed E-state index contributed by atoms with van der Waals surface area (Å²) in [7, 11) is 0. The van der Waals surface area contributed by atoms with E-state index >= 15 is 0 Å². The molecule has 0 atom stereocenters. The maximum absolute atomic E-state index is 4.81. The van der Waals surface area contributed by atoms with Gasteiger partial charge in [0.1, 0.15) is 5.82 Å². The normalized spacial score (nSPS) is 10.4. The average molecular weight is 318 g/mol. The second-order valence-electron chi connectivity index (χ2n) is 5.37. The Labute approximate surface area is 143 Å². The molecular weight excluding hydrogens is 296 g/mol. The fourth-order valence-electron chi connectivity index (χ4n) is 2.75. The zero-order valence-electron chi connectivity index (χ0n) is 14.1. The third-order valence-electron chi connectivity index (χ3n) is 3.91. The molecule has 2 aromatic carbocycles. The molecule has 0 N–H and O–H groups in total. The van der Waals surface area contributed by atoms with Crippen molar-refractivity contribution in [2.45, 2.75) is 13.8 Å². The van der Waals surface area contributed by atoms with E-state index in [-0.39, 0.29) is 0 Å². The van der Waals surface area contributed by atoms with Gasteiger partial charge in [0.2, 0.25) is 5.95 Å². The number of benzene rings is 2. The molecule has 0 aliphatic rings.